The predicted molar refractivity (Wildman–Crippen MR) is 128 cm³/mol. The van der Waals surface area contributed by atoms with Crippen molar-refractivity contribution in [1.82, 2.24) is 15.1 Å². The Balaban J connectivity index is 1.48. The van der Waals surface area contributed by atoms with E-state index < -0.39 is 17.9 Å². The van der Waals surface area contributed by atoms with Gasteiger partial charge in [-0.25, -0.2) is 9.69 Å². The van der Waals surface area contributed by atoms with Gasteiger partial charge in [0.15, 0.2) is 0 Å². The van der Waals surface area contributed by atoms with Crippen LogP contribution in [0.2, 0.25) is 0 Å². The Hall–Kier alpha value is -3.85. The Morgan fingerprint density at radius 2 is 1.36 bits per heavy atom. The van der Waals surface area contributed by atoms with Crippen LogP contribution in [0, 0.1) is 0 Å². The van der Waals surface area contributed by atoms with Gasteiger partial charge in [0, 0.05) is 19.4 Å². The topological polar surface area (TPSA) is 61.9 Å². The van der Waals surface area contributed by atoms with Crippen molar-refractivity contribution in [2.45, 2.75) is 31.3 Å². The first kappa shape index (κ1) is 25.2. The first-order chi connectivity index (χ1) is 17.1. The Kier molecular flexibility index (Phi) is 7.30. The summed E-state index contributed by atoms with van der Waals surface area (Å²) in [5.41, 5.74) is 1.44. The minimum absolute atomic E-state index is 0.0246. The molecule has 0 aliphatic carbocycles. The molecule has 9 heteroatoms. The van der Waals surface area contributed by atoms with Gasteiger partial charge >= 0.3 is 12.4 Å². The number of hydrogen-bond acceptors (Lipinski definition) is 4. The Bertz CT molecular complexity index is 1140. The molecule has 3 aromatic rings. The molecule has 1 fully saturated rings. The van der Waals surface area contributed by atoms with Crippen LogP contribution in [0.15, 0.2) is 84.9 Å². The third kappa shape index (κ3) is 6.23. The molecule has 1 aliphatic rings. The van der Waals surface area contributed by atoms with E-state index in [4.69, 9.17) is 0 Å². The predicted octanol–water partition coefficient (Wildman–Crippen LogP) is 4.75. The van der Waals surface area contributed by atoms with E-state index in [1.54, 1.807) is 11.9 Å². The van der Waals surface area contributed by atoms with Crippen molar-refractivity contribution in [2.75, 3.05) is 13.7 Å². The van der Waals surface area contributed by atoms with E-state index in [9.17, 15) is 22.8 Å². The Morgan fingerprint density at radius 3 is 1.86 bits per heavy atom. The van der Waals surface area contributed by atoms with Crippen molar-refractivity contribution in [1.29, 1.82) is 0 Å². The highest BCUT2D eigenvalue weighted by molar-refractivity contribution is 6.07. The van der Waals surface area contributed by atoms with Gasteiger partial charge in [-0.2, -0.15) is 0 Å². The van der Waals surface area contributed by atoms with Crippen LogP contribution in [0.25, 0.3) is 0 Å². The minimum Gasteiger partial charge on any atom is -0.406 e. The van der Waals surface area contributed by atoms with E-state index in [2.05, 4.69) is 10.1 Å². The molecule has 6 nitrogen and oxygen atoms in total. The molecular formula is C27H26F3N3O3. The molecule has 0 aromatic heterocycles. The number of carbonyl (C=O) groups is 2. The SMILES string of the molecule is CN(Cc1ccc(OC(F)(F)F)cc1)CN1C(=O)NC(Cc2ccccc2)(Cc2ccccc2)C1=O. The molecule has 0 saturated carbocycles. The van der Waals surface area contributed by atoms with Gasteiger partial charge in [-0.3, -0.25) is 9.69 Å². The molecule has 4 rings (SSSR count). The molecule has 1 N–H and O–H groups in total. The van der Waals surface area contributed by atoms with Crippen LogP contribution >= 0.6 is 0 Å². The summed E-state index contributed by atoms with van der Waals surface area (Å²) < 4.78 is 41.1. The number of nitrogens with zero attached hydrogens (tertiary/aromatic N) is 2. The third-order valence-electron chi connectivity index (χ3n) is 5.94. The highest BCUT2D eigenvalue weighted by atomic mass is 19.4. The number of benzene rings is 3. The van der Waals surface area contributed by atoms with Crippen LogP contribution in [0.1, 0.15) is 16.7 Å². The summed E-state index contributed by atoms with van der Waals surface area (Å²) >= 11 is 0. The van der Waals surface area contributed by atoms with Crippen LogP contribution in [0.5, 0.6) is 5.75 Å². The number of amides is 3. The average molecular weight is 498 g/mol. The molecule has 1 heterocycles. The largest absolute Gasteiger partial charge is 0.573 e. The fourth-order valence-corrected chi connectivity index (χ4v) is 4.40. The lowest BCUT2D eigenvalue weighted by molar-refractivity contribution is -0.274. The number of halogens is 3. The van der Waals surface area contributed by atoms with Crippen molar-refractivity contribution in [3.8, 4) is 5.75 Å². The zero-order valence-corrected chi connectivity index (χ0v) is 19.7. The molecule has 3 amide bonds. The summed E-state index contributed by atoms with van der Waals surface area (Å²) in [5, 5.41) is 2.95. The van der Waals surface area contributed by atoms with E-state index in [0.717, 1.165) is 11.1 Å². The van der Waals surface area contributed by atoms with Crippen LogP contribution in [0.3, 0.4) is 0 Å². The summed E-state index contributed by atoms with van der Waals surface area (Å²) in [6.45, 7) is 0.338. The summed E-state index contributed by atoms with van der Waals surface area (Å²) in [4.78, 5) is 29.6. The van der Waals surface area contributed by atoms with E-state index in [-0.39, 0.29) is 18.3 Å². The second kappa shape index (κ2) is 10.4. The molecule has 1 saturated heterocycles. The maximum Gasteiger partial charge on any atom is 0.573 e. The van der Waals surface area contributed by atoms with Crippen molar-refractivity contribution in [3.63, 3.8) is 0 Å². The van der Waals surface area contributed by atoms with Crippen LogP contribution < -0.4 is 10.1 Å². The molecule has 1 aliphatic heterocycles. The standard InChI is InChI=1S/C27H26F3N3O3/c1-32(18-22-12-14-23(15-13-22)36-27(28,29)30)19-33-24(34)26(31-25(33)35,16-20-8-4-2-5-9-20)17-21-10-6-3-7-11-21/h2-15H,16-19H2,1H3,(H,31,35). The Morgan fingerprint density at radius 1 is 0.833 bits per heavy atom. The minimum atomic E-state index is -4.76. The van der Waals surface area contributed by atoms with Gasteiger partial charge in [0.05, 0.1) is 6.67 Å². The molecule has 188 valence electrons. The fraction of sp³-hybridized carbons (Fsp3) is 0.259. The van der Waals surface area contributed by atoms with Crippen molar-refractivity contribution < 1.29 is 27.5 Å². The molecule has 0 unspecified atom stereocenters. The second-order valence-electron chi connectivity index (χ2n) is 8.92. The monoisotopic (exact) mass is 497 g/mol. The van der Waals surface area contributed by atoms with E-state index in [1.165, 1.54) is 29.2 Å². The van der Waals surface area contributed by atoms with E-state index in [0.29, 0.717) is 24.9 Å². The van der Waals surface area contributed by atoms with Crippen molar-refractivity contribution in [2.24, 2.45) is 0 Å². The number of hydrogen-bond donors (Lipinski definition) is 1. The van der Waals surface area contributed by atoms with Gasteiger partial charge in [0.25, 0.3) is 5.91 Å². The molecule has 0 atom stereocenters. The Labute approximate surface area is 207 Å². The van der Waals surface area contributed by atoms with Gasteiger partial charge in [0.2, 0.25) is 0 Å². The summed E-state index contributed by atoms with van der Waals surface area (Å²) in [5.74, 6) is -0.629. The maximum absolute atomic E-state index is 13.7. The van der Waals surface area contributed by atoms with Gasteiger partial charge in [-0.1, -0.05) is 72.8 Å². The smallest absolute Gasteiger partial charge is 0.406 e. The lowest BCUT2D eigenvalue weighted by atomic mass is 9.84. The molecular weight excluding hydrogens is 471 g/mol. The lowest BCUT2D eigenvalue weighted by Gasteiger charge is -2.28. The molecule has 0 bridgehead atoms. The number of rotatable bonds is 9. The van der Waals surface area contributed by atoms with E-state index in [1.807, 2.05) is 60.7 Å². The molecule has 3 aromatic carbocycles. The average Bonchev–Trinajstić information content (AvgIpc) is 3.04. The first-order valence-corrected chi connectivity index (χ1v) is 11.4. The molecule has 36 heavy (non-hydrogen) atoms. The summed E-state index contributed by atoms with van der Waals surface area (Å²) in [6.07, 6.45) is -4.07. The van der Waals surface area contributed by atoms with Crippen molar-refractivity contribution in [3.05, 3.63) is 102 Å². The highest BCUT2D eigenvalue weighted by Crippen LogP contribution is 2.28. The second-order valence-corrected chi connectivity index (χ2v) is 8.92. The van der Waals surface area contributed by atoms with Crippen LogP contribution in [-0.4, -0.2) is 47.4 Å². The van der Waals surface area contributed by atoms with Crippen LogP contribution in [0.4, 0.5) is 18.0 Å². The summed E-state index contributed by atoms with van der Waals surface area (Å²) in [6, 6.07) is 24.1. The number of nitrogens with one attached hydrogen (secondary N) is 1. The fourth-order valence-electron chi connectivity index (χ4n) is 4.40. The zero-order valence-electron chi connectivity index (χ0n) is 19.7. The molecule has 0 spiro atoms. The number of carbonyl (C=O) groups excluding carboxylic acids is 2. The highest BCUT2D eigenvalue weighted by Gasteiger charge is 2.51. The maximum atomic E-state index is 13.7. The van der Waals surface area contributed by atoms with Gasteiger partial charge < -0.3 is 10.1 Å². The zero-order chi connectivity index (χ0) is 25.8. The normalized spacial score (nSPS) is 15.3. The van der Waals surface area contributed by atoms with Crippen molar-refractivity contribution >= 4 is 11.9 Å². The number of ether oxygens (including phenoxy) is 1. The van der Waals surface area contributed by atoms with Gasteiger partial charge in [-0.15, -0.1) is 13.2 Å². The number of urea groups is 1. The number of imide groups is 1. The lowest BCUT2D eigenvalue weighted by Crippen LogP contribution is -2.51. The van der Waals surface area contributed by atoms with Gasteiger partial charge in [0.1, 0.15) is 11.3 Å². The molecule has 0 radical (unpaired) electrons. The third-order valence-corrected chi connectivity index (χ3v) is 5.94. The van der Waals surface area contributed by atoms with Gasteiger partial charge in [-0.05, 0) is 35.9 Å². The van der Waals surface area contributed by atoms with Crippen LogP contribution in [-0.2, 0) is 24.2 Å². The van der Waals surface area contributed by atoms with E-state index >= 15 is 0 Å². The quantitative estimate of drug-likeness (QED) is 0.434. The number of alkyl halides is 3. The first-order valence-electron chi connectivity index (χ1n) is 11.4. The summed E-state index contributed by atoms with van der Waals surface area (Å²) in [7, 11) is 1.73.